The van der Waals surface area contributed by atoms with E-state index in [2.05, 4.69) is 20.0 Å². The number of sulfonamides is 1. The van der Waals surface area contributed by atoms with Crippen LogP contribution >= 0.6 is 11.3 Å². The van der Waals surface area contributed by atoms with Crippen LogP contribution in [0.15, 0.2) is 34.4 Å². The molecule has 0 aliphatic heterocycles. The third-order valence-corrected chi connectivity index (χ3v) is 7.16. The fourth-order valence-electron chi connectivity index (χ4n) is 3.15. The number of thiazole rings is 1. The Morgan fingerprint density at radius 1 is 1.34 bits per heavy atom. The molecule has 158 valence electrons. The van der Waals surface area contributed by atoms with Gasteiger partial charge in [-0.25, -0.2) is 18.1 Å². The second-order valence-electron chi connectivity index (χ2n) is 6.86. The predicted octanol–water partition coefficient (Wildman–Crippen LogP) is 1.79. The molecule has 2 aromatic rings. The van der Waals surface area contributed by atoms with Crippen LogP contribution in [0.1, 0.15) is 35.3 Å². The normalized spacial score (nSPS) is 14.5. The van der Waals surface area contributed by atoms with Crippen molar-refractivity contribution in [1.29, 1.82) is 0 Å². The van der Waals surface area contributed by atoms with Gasteiger partial charge in [-0.05, 0) is 44.7 Å². The summed E-state index contributed by atoms with van der Waals surface area (Å²) in [4.78, 5) is 16.8. The summed E-state index contributed by atoms with van der Waals surface area (Å²) >= 11 is 1.80. The molecule has 0 spiro atoms. The lowest BCUT2D eigenvalue weighted by atomic mass is 10.0. The van der Waals surface area contributed by atoms with Crippen LogP contribution < -0.4 is 10.0 Å². The number of guanidine groups is 1. The van der Waals surface area contributed by atoms with Crippen molar-refractivity contribution in [3.8, 4) is 0 Å². The molecule has 0 saturated carbocycles. The molecule has 0 aromatic carbocycles. The van der Waals surface area contributed by atoms with E-state index < -0.39 is 10.0 Å². The minimum atomic E-state index is -3.57. The summed E-state index contributed by atoms with van der Waals surface area (Å²) in [6.07, 6.45) is 7.58. The summed E-state index contributed by atoms with van der Waals surface area (Å²) in [5, 5.41) is 4.36. The average molecular weight is 437 g/mol. The highest BCUT2D eigenvalue weighted by atomic mass is 32.2. The first kappa shape index (κ1) is 21.7. The molecule has 0 atom stereocenters. The van der Waals surface area contributed by atoms with Gasteiger partial charge in [0.25, 0.3) is 0 Å². The van der Waals surface area contributed by atoms with Gasteiger partial charge in [-0.15, -0.1) is 11.3 Å². The first-order valence-electron chi connectivity index (χ1n) is 9.86. The molecule has 29 heavy (non-hydrogen) atoms. The average Bonchev–Trinajstić information content (AvgIpc) is 3.13. The Kier molecular flexibility index (Phi) is 7.57. The SMILES string of the molecule is CCNC(=NCCNS(=O)(=O)c1cccnc1)N(C)Cc1nc2c(s1)CCCC2. The smallest absolute Gasteiger partial charge is 0.242 e. The molecule has 0 saturated heterocycles. The van der Waals surface area contributed by atoms with Crippen molar-refractivity contribution in [2.24, 2.45) is 4.99 Å². The fourth-order valence-corrected chi connectivity index (χ4v) is 5.35. The number of fused-ring (bicyclic) bond motifs is 1. The molecule has 0 fully saturated rings. The van der Waals surface area contributed by atoms with Gasteiger partial charge >= 0.3 is 0 Å². The predicted molar refractivity (Wildman–Crippen MR) is 116 cm³/mol. The van der Waals surface area contributed by atoms with Gasteiger partial charge in [0.2, 0.25) is 10.0 Å². The van der Waals surface area contributed by atoms with E-state index in [1.807, 2.05) is 18.9 Å². The molecular weight excluding hydrogens is 408 g/mol. The zero-order valence-corrected chi connectivity index (χ0v) is 18.5. The second kappa shape index (κ2) is 10.1. The van der Waals surface area contributed by atoms with E-state index in [4.69, 9.17) is 4.98 Å². The van der Waals surface area contributed by atoms with Crippen LogP contribution in [0, 0.1) is 0 Å². The zero-order valence-electron chi connectivity index (χ0n) is 16.9. The Balaban J connectivity index is 1.56. The van der Waals surface area contributed by atoms with Crippen molar-refractivity contribution in [2.75, 3.05) is 26.7 Å². The van der Waals surface area contributed by atoms with Crippen molar-refractivity contribution in [2.45, 2.75) is 44.0 Å². The number of nitrogens with one attached hydrogen (secondary N) is 2. The summed E-state index contributed by atoms with van der Waals surface area (Å²) in [6.45, 7) is 3.98. The first-order chi connectivity index (χ1) is 14.0. The number of nitrogens with zero attached hydrogens (tertiary/aromatic N) is 4. The topological polar surface area (TPSA) is 99.6 Å². The Morgan fingerprint density at radius 3 is 2.90 bits per heavy atom. The summed E-state index contributed by atoms with van der Waals surface area (Å²) in [7, 11) is -1.59. The standard InChI is InChI=1S/C19H28N6O2S2/c1-3-21-19(22-11-12-23-29(26,27)15-7-6-10-20-13-15)25(2)14-18-24-16-8-4-5-9-17(16)28-18/h6-7,10,13,23H,3-5,8-9,11-12,14H2,1-2H3,(H,21,22). The molecule has 3 rings (SSSR count). The van der Waals surface area contributed by atoms with Gasteiger partial charge < -0.3 is 10.2 Å². The van der Waals surface area contributed by atoms with E-state index in [9.17, 15) is 8.42 Å². The number of pyridine rings is 1. The highest BCUT2D eigenvalue weighted by molar-refractivity contribution is 7.89. The molecule has 0 radical (unpaired) electrons. The van der Waals surface area contributed by atoms with Crippen molar-refractivity contribution in [3.63, 3.8) is 0 Å². The number of hydrogen-bond acceptors (Lipinski definition) is 6. The van der Waals surface area contributed by atoms with Gasteiger partial charge in [-0.3, -0.25) is 9.98 Å². The summed E-state index contributed by atoms with van der Waals surface area (Å²) in [5.41, 5.74) is 1.26. The molecule has 2 aromatic heterocycles. The maximum Gasteiger partial charge on any atom is 0.242 e. The molecule has 2 heterocycles. The van der Waals surface area contributed by atoms with Crippen LogP contribution in [-0.4, -0.2) is 55.9 Å². The summed E-state index contributed by atoms with van der Waals surface area (Å²) in [6, 6.07) is 3.12. The maximum absolute atomic E-state index is 12.2. The number of rotatable bonds is 8. The highest BCUT2D eigenvalue weighted by Gasteiger charge is 2.17. The lowest BCUT2D eigenvalue weighted by Gasteiger charge is -2.21. The lowest BCUT2D eigenvalue weighted by Crippen LogP contribution is -2.39. The van der Waals surface area contributed by atoms with Gasteiger partial charge in [0.05, 0.1) is 18.8 Å². The first-order valence-corrected chi connectivity index (χ1v) is 12.2. The minimum absolute atomic E-state index is 0.153. The van der Waals surface area contributed by atoms with Crippen molar-refractivity contribution < 1.29 is 8.42 Å². The van der Waals surface area contributed by atoms with E-state index in [0.29, 0.717) is 13.1 Å². The largest absolute Gasteiger partial charge is 0.357 e. The molecule has 2 N–H and O–H groups in total. The van der Waals surface area contributed by atoms with Crippen LogP contribution in [0.4, 0.5) is 0 Å². The third-order valence-electron chi connectivity index (χ3n) is 4.57. The van der Waals surface area contributed by atoms with E-state index in [-0.39, 0.29) is 11.4 Å². The Labute approximate surface area is 176 Å². The van der Waals surface area contributed by atoms with Crippen molar-refractivity contribution in [1.82, 2.24) is 24.9 Å². The molecule has 1 aliphatic carbocycles. The van der Waals surface area contributed by atoms with Crippen LogP contribution in [0.5, 0.6) is 0 Å². The highest BCUT2D eigenvalue weighted by Crippen LogP contribution is 2.27. The molecule has 0 amide bonds. The Bertz CT molecular complexity index is 904. The van der Waals surface area contributed by atoms with E-state index in [1.54, 1.807) is 23.6 Å². The number of hydrogen-bond donors (Lipinski definition) is 2. The van der Waals surface area contributed by atoms with Crippen LogP contribution in [0.25, 0.3) is 0 Å². The maximum atomic E-state index is 12.2. The van der Waals surface area contributed by atoms with Crippen molar-refractivity contribution >= 4 is 27.3 Å². The van der Waals surface area contributed by atoms with Gasteiger partial charge in [-0.1, -0.05) is 0 Å². The monoisotopic (exact) mass is 436 g/mol. The van der Waals surface area contributed by atoms with Gasteiger partial charge in [0.1, 0.15) is 9.90 Å². The number of aliphatic imine (C=N–C) groups is 1. The second-order valence-corrected chi connectivity index (χ2v) is 9.80. The molecular formula is C19H28N6O2S2. The van der Waals surface area contributed by atoms with E-state index in [0.717, 1.165) is 30.4 Å². The minimum Gasteiger partial charge on any atom is -0.357 e. The third kappa shape index (κ3) is 5.97. The van der Waals surface area contributed by atoms with Crippen LogP contribution in [0.2, 0.25) is 0 Å². The molecule has 1 aliphatic rings. The molecule has 0 bridgehead atoms. The summed E-state index contributed by atoms with van der Waals surface area (Å²) < 4.78 is 27.0. The van der Waals surface area contributed by atoms with Crippen LogP contribution in [0.3, 0.4) is 0 Å². The van der Waals surface area contributed by atoms with E-state index in [1.165, 1.54) is 35.7 Å². The lowest BCUT2D eigenvalue weighted by molar-refractivity contribution is 0.474. The Morgan fingerprint density at radius 2 is 2.17 bits per heavy atom. The zero-order chi connectivity index (χ0) is 20.7. The summed E-state index contributed by atoms with van der Waals surface area (Å²) in [5.74, 6) is 0.737. The fraction of sp³-hybridized carbons (Fsp3) is 0.526. The molecule has 0 unspecified atom stereocenters. The molecule has 8 nitrogen and oxygen atoms in total. The molecule has 10 heteroatoms. The van der Waals surface area contributed by atoms with E-state index >= 15 is 0 Å². The number of aryl methyl sites for hydroxylation is 2. The number of aromatic nitrogens is 2. The van der Waals surface area contributed by atoms with Gasteiger partial charge in [-0.2, -0.15) is 0 Å². The van der Waals surface area contributed by atoms with Crippen LogP contribution in [-0.2, 0) is 29.4 Å². The van der Waals surface area contributed by atoms with Gasteiger partial charge in [0.15, 0.2) is 5.96 Å². The van der Waals surface area contributed by atoms with Gasteiger partial charge in [0, 0.05) is 37.4 Å². The Hall–Kier alpha value is -2.04. The van der Waals surface area contributed by atoms with Crippen molar-refractivity contribution in [3.05, 3.63) is 40.1 Å². The quantitative estimate of drug-likeness (QED) is 0.372.